The van der Waals surface area contributed by atoms with E-state index in [-0.39, 0.29) is 18.3 Å². The maximum atomic E-state index is 12.3. The monoisotopic (exact) mass is 426 g/mol. The first kappa shape index (κ1) is 21.4. The van der Waals surface area contributed by atoms with Gasteiger partial charge < -0.3 is 14.8 Å². The number of methoxy groups -OCH3 is 1. The smallest absolute Gasteiger partial charge is 0.339 e. The van der Waals surface area contributed by atoms with E-state index in [0.717, 1.165) is 16.9 Å². The third-order valence-electron chi connectivity index (χ3n) is 4.21. The van der Waals surface area contributed by atoms with Gasteiger partial charge in [0.25, 0.3) is 0 Å². The number of ether oxygens (including phenoxy) is 2. The summed E-state index contributed by atoms with van der Waals surface area (Å²) in [7, 11) is 1.29. The van der Waals surface area contributed by atoms with Crippen molar-refractivity contribution in [3.05, 3.63) is 65.0 Å². The molecule has 0 fully saturated rings. The van der Waals surface area contributed by atoms with Crippen LogP contribution in [0.4, 0.5) is 5.69 Å². The van der Waals surface area contributed by atoms with E-state index in [9.17, 15) is 9.59 Å². The van der Waals surface area contributed by atoms with E-state index >= 15 is 0 Å². The molecule has 2 aromatic carbocycles. The molecular formula is C21H22N4O4S. The van der Waals surface area contributed by atoms with Crippen LogP contribution < -0.4 is 10.1 Å². The Hall–Kier alpha value is -3.33. The molecule has 1 aromatic heterocycles. The van der Waals surface area contributed by atoms with Crippen molar-refractivity contribution in [2.45, 2.75) is 25.6 Å². The highest BCUT2D eigenvalue weighted by Crippen LogP contribution is 2.23. The van der Waals surface area contributed by atoms with E-state index in [1.165, 1.54) is 18.9 Å². The van der Waals surface area contributed by atoms with Gasteiger partial charge in [-0.1, -0.05) is 42.1 Å². The maximum Gasteiger partial charge on any atom is 0.339 e. The van der Waals surface area contributed by atoms with Gasteiger partial charge in [-0.05, 0) is 37.1 Å². The predicted octanol–water partition coefficient (Wildman–Crippen LogP) is 3.52. The minimum atomic E-state index is -0.513. The summed E-state index contributed by atoms with van der Waals surface area (Å²) in [6, 6.07) is 12.6. The van der Waals surface area contributed by atoms with Crippen LogP contribution in [0.2, 0.25) is 0 Å². The summed E-state index contributed by atoms with van der Waals surface area (Å²) in [6.45, 7) is 4.22. The molecule has 0 aliphatic rings. The van der Waals surface area contributed by atoms with E-state index in [1.54, 1.807) is 24.3 Å². The third-order valence-corrected chi connectivity index (χ3v) is 5.06. The number of nitrogens with one attached hydrogen (secondary N) is 2. The minimum Gasteiger partial charge on any atom is -0.485 e. The van der Waals surface area contributed by atoms with E-state index < -0.39 is 5.97 Å². The molecule has 0 unspecified atom stereocenters. The lowest BCUT2D eigenvalue weighted by Gasteiger charge is -2.10. The Bertz CT molecular complexity index is 1030. The Labute approximate surface area is 178 Å². The summed E-state index contributed by atoms with van der Waals surface area (Å²) in [6.07, 6.45) is 0. The molecule has 0 aliphatic carbocycles. The van der Waals surface area contributed by atoms with E-state index in [0.29, 0.717) is 22.2 Å². The number of H-pyrrole nitrogens is 1. The number of aromatic amines is 1. The van der Waals surface area contributed by atoms with Crippen LogP contribution in [0.15, 0.2) is 47.6 Å². The zero-order chi connectivity index (χ0) is 21.5. The van der Waals surface area contributed by atoms with Gasteiger partial charge in [-0.25, -0.2) is 9.78 Å². The molecule has 0 bridgehead atoms. The van der Waals surface area contributed by atoms with Crippen molar-refractivity contribution < 1.29 is 19.1 Å². The number of amides is 1. The number of carbonyl (C=O) groups is 2. The molecule has 0 saturated carbocycles. The average Bonchev–Trinajstić information content (AvgIpc) is 3.19. The van der Waals surface area contributed by atoms with Gasteiger partial charge in [0.2, 0.25) is 11.1 Å². The summed E-state index contributed by atoms with van der Waals surface area (Å²) >= 11 is 1.18. The Morgan fingerprint density at radius 3 is 2.57 bits per heavy atom. The van der Waals surface area contributed by atoms with Crippen molar-refractivity contribution in [1.82, 2.24) is 15.2 Å². The number of hydrogen-bond acceptors (Lipinski definition) is 7. The molecule has 0 spiro atoms. The first-order valence-corrected chi connectivity index (χ1v) is 10.2. The molecule has 0 radical (unpaired) electrons. The van der Waals surface area contributed by atoms with Crippen LogP contribution in [-0.4, -0.2) is 39.9 Å². The van der Waals surface area contributed by atoms with Gasteiger partial charge in [0.05, 0.1) is 24.1 Å². The van der Waals surface area contributed by atoms with Crippen molar-refractivity contribution in [3.8, 4) is 5.75 Å². The zero-order valence-electron chi connectivity index (χ0n) is 16.9. The van der Waals surface area contributed by atoms with Crippen LogP contribution in [0.1, 0.15) is 27.3 Å². The molecular weight excluding hydrogens is 404 g/mol. The van der Waals surface area contributed by atoms with Crippen LogP contribution >= 0.6 is 11.8 Å². The number of thioether (sulfide) groups is 1. The summed E-state index contributed by atoms with van der Waals surface area (Å²) in [5.41, 5.74) is 2.79. The van der Waals surface area contributed by atoms with Crippen molar-refractivity contribution in [1.29, 1.82) is 0 Å². The van der Waals surface area contributed by atoms with E-state index in [2.05, 4.69) is 20.5 Å². The second kappa shape index (κ2) is 9.93. The highest BCUT2D eigenvalue weighted by atomic mass is 32.2. The zero-order valence-corrected chi connectivity index (χ0v) is 17.7. The topological polar surface area (TPSA) is 106 Å². The number of benzene rings is 2. The highest BCUT2D eigenvalue weighted by molar-refractivity contribution is 7.99. The molecule has 30 heavy (non-hydrogen) atoms. The molecule has 0 aliphatic heterocycles. The Kier molecular flexibility index (Phi) is 7.08. The molecule has 9 heteroatoms. The van der Waals surface area contributed by atoms with Crippen LogP contribution in [0.25, 0.3) is 0 Å². The Balaban J connectivity index is 1.53. The summed E-state index contributed by atoms with van der Waals surface area (Å²) in [5, 5.41) is 10.1. The van der Waals surface area contributed by atoms with E-state index in [1.807, 2.05) is 32.0 Å². The molecule has 3 rings (SSSR count). The average molecular weight is 426 g/mol. The number of anilines is 1. The van der Waals surface area contributed by atoms with Gasteiger partial charge in [0, 0.05) is 0 Å². The fraction of sp³-hybridized carbons (Fsp3) is 0.238. The van der Waals surface area contributed by atoms with Crippen LogP contribution in [0, 0.1) is 13.8 Å². The summed E-state index contributed by atoms with van der Waals surface area (Å²) in [4.78, 5) is 28.4. The number of esters is 1. The number of aromatic nitrogens is 3. The normalized spacial score (nSPS) is 10.5. The summed E-state index contributed by atoms with van der Waals surface area (Å²) < 4.78 is 10.6. The fourth-order valence-electron chi connectivity index (χ4n) is 2.77. The van der Waals surface area contributed by atoms with Gasteiger partial charge in [-0.3, -0.25) is 9.89 Å². The molecule has 2 N–H and O–H groups in total. The molecule has 0 saturated heterocycles. The number of aryl methyl sites for hydroxylation is 2. The van der Waals surface area contributed by atoms with Gasteiger partial charge in [-0.15, -0.1) is 5.10 Å². The van der Waals surface area contributed by atoms with Crippen LogP contribution in [0.5, 0.6) is 5.75 Å². The molecule has 156 valence electrons. The first-order valence-electron chi connectivity index (χ1n) is 9.18. The first-order chi connectivity index (χ1) is 14.5. The van der Waals surface area contributed by atoms with Gasteiger partial charge >= 0.3 is 5.97 Å². The molecule has 0 atom stereocenters. The predicted molar refractivity (Wildman–Crippen MR) is 114 cm³/mol. The number of para-hydroxylation sites is 2. The lowest BCUT2D eigenvalue weighted by molar-refractivity contribution is -0.113. The van der Waals surface area contributed by atoms with Gasteiger partial charge in [0.15, 0.2) is 5.82 Å². The molecule has 3 aromatic rings. The second-order valence-electron chi connectivity index (χ2n) is 6.45. The molecule has 1 amide bonds. The molecule has 1 heterocycles. The maximum absolute atomic E-state index is 12.3. The minimum absolute atomic E-state index is 0.0879. The number of rotatable bonds is 8. The quantitative estimate of drug-likeness (QED) is 0.419. The Morgan fingerprint density at radius 1 is 1.10 bits per heavy atom. The van der Waals surface area contributed by atoms with Crippen molar-refractivity contribution in [2.75, 3.05) is 18.2 Å². The van der Waals surface area contributed by atoms with Crippen LogP contribution in [0.3, 0.4) is 0 Å². The van der Waals surface area contributed by atoms with Gasteiger partial charge in [0.1, 0.15) is 12.4 Å². The van der Waals surface area contributed by atoms with Crippen molar-refractivity contribution in [2.24, 2.45) is 0 Å². The van der Waals surface area contributed by atoms with E-state index in [4.69, 9.17) is 9.47 Å². The summed E-state index contributed by atoms with van der Waals surface area (Å²) in [5.74, 6) is 0.684. The lowest BCUT2D eigenvalue weighted by atomic mass is 10.1. The third kappa shape index (κ3) is 5.38. The van der Waals surface area contributed by atoms with Crippen molar-refractivity contribution >= 4 is 29.3 Å². The lowest BCUT2D eigenvalue weighted by Crippen LogP contribution is -2.17. The molecule has 8 nitrogen and oxygen atoms in total. The fourth-order valence-corrected chi connectivity index (χ4v) is 3.39. The van der Waals surface area contributed by atoms with Gasteiger partial charge in [-0.2, -0.15) is 0 Å². The number of nitrogens with zero attached hydrogens (tertiary/aromatic N) is 2. The van der Waals surface area contributed by atoms with Crippen LogP contribution in [-0.2, 0) is 16.1 Å². The highest BCUT2D eigenvalue weighted by Gasteiger charge is 2.14. The standard InChI is InChI=1S/C21H22N4O4S/c1-13-7-6-8-14(2)19(13)29-11-17-23-21(25-24-17)30-12-18(26)22-16-10-5-4-9-15(16)20(27)28-3/h4-10H,11-12H2,1-3H3,(H,22,26)(H,23,24,25). The SMILES string of the molecule is COC(=O)c1ccccc1NC(=O)CSc1n[nH]c(COc2c(C)cccc2C)n1. The second-order valence-corrected chi connectivity index (χ2v) is 7.39. The number of carbonyl (C=O) groups excluding carboxylic acids is 2. The number of hydrogen-bond donors (Lipinski definition) is 2. The Morgan fingerprint density at radius 2 is 1.83 bits per heavy atom. The largest absolute Gasteiger partial charge is 0.485 e. The van der Waals surface area contributed by atoms with Crippen molar-refractivity contribution in [3.63, 3.8) is 0 Å².